The lowest BCUT2D eigenvalue weighted by molar-refractivity contribution is -0.139. The van der Waals surface area contributed by atoms with Crippen LogP contribution in [0.3, 0.4) is 0 Å². The van der Waals surface area contributed by atoms with Crippen LogP contribution in [0.25, 0.3) is 0 Å². The second-order valence-electron chi connectivity index (χ2n) is 5.67. The van der Waals surface area contributed by atoms with Gasteiger partial charge in [-0.15, -0.1) is 0 Å². The van der Waals surface area contributed by atoms with Crippen LogP contribution < -0.4 is 0 Å². The summed E-state index contributed by atoms with van der Waals surface area (Å²) in [5.41, 5.74) is 0. The summed E-state index contributed by atoms with van der Waals surface area (Å²) in [6.07, 6.45) is 9.65. The number of hydrogen-bond donors (Lipinski definition) is 2. The summed E-state index contributed by atoms with van der Waals surface area (Å²) in [6.45, 7) is 2.21. The summed E-state index contributed by atoms with van der Waals surface area (Å²) in [7, 11) is 0. The summed E-state index contributed by atoms with van der Waals surface area (Å²) in [5.74, 6) is -0.910. The van der Waals surface area contributed by atoms with Crippen molar-refractivity contribution in [3.05, 3.63) is 36.4 Å². The number of aliphatic hydroxyl groups excluding tert-OH is 1. The molecular formula is C19H32O3. The number of rotatable bonds is 11. The van der Waals surface area contributed by atoms with Gasteiger partial charge in [0.1, 0.15) is 0 Å². The number of carboxylic acid groups (broad SMARTS) is 1. The molecule has 3 heteroatoms. The molecule has 22 heavy (non-hydrogen) atoms. The topological polar surface area (TPSA) is 57.5 Å². The van der Waals surface area contributed by atoms with Crippen LogP contribution in [0.5, 0.6) is 0 Å². The third-order valence-electron chi connectivity index (χ3n) is 3.47. The van der Waals surface area contributed by atoms with Crippen LogP contribution in [-0.4, -0.2) is 22.3 Å². The Labute approximate surface area is 135 Å². The molecule has 3 nitrogen and oxygen atoms in total. The molecule has 0 saturated heterocycles. The van der Waals surface area contributed by atoms with Crippen molar-refractivity contribution in [2.24, 2.45) is 0 Å². The number of hydrogen-bond acceptors (Lipinski definition) is 2. The summed E-state index contributed by atoms with van der Waals surface area (Å²) in [4.78, 5) is 10.3. The molecule has 0 aliphatic heterocycles. The standard InChI is InChI=1S/C13H26O3.C6H6/c1-2-3-4-5-6-7-8-9-10-12(14)11-13(15)16;1-2-4-6-5-3-1/h12,14H,2-11H2,1H3,(H,15,16);1-6H. The van der Waals surface area contributed by atoms with Gasteiger partial charge in [0.05, 0.1) is 12.5 Å². The van der Waals surface area contributed by atoms with Gasteiger partial charge < -0.3 is 10.2 Å². The molecular weight excluding hydrogens is 276 g/mol. The predicted octanol–water partition coefficient (Wildman–Crippen LogP) is 5.04. The van der Waals surface area contributed by atoms with Crippen LogP contribution >= 0.6 is 0 Å². The summed E-state index contributed by atoms with van der Waals surface area (Å²) in [6, 6.07) is 12.0. The highest BCUT2D eigenvalue weighted by molar-refractivity contribution is 5.67. The molecule has 0 spiro atoms. The Morgan fingerprint density at radius 1 is 0.818 bits per heavy atom. The Hall–Kier alpha value is -1.35. The van der Waals surface area contributed by atoms with E-state index in [0.29, 0.717) is 6.42 Å². The molecule has 1 aromatic rings. The van der Waals surface area contributed by atoms with Crippen molar-refractivity contribution in [1.82, 2.24) is 0 Å². The predicted molar refractivity (Wildman–Crippen MR) is 91.9 cm³/mol. The Kier molecular flexibility index (Phi) is 15.0. The Balaban J connectivity index is 0.000000604. The highest BCUT2D eigenvalue weighted by Crippen LogP contribution is 2.11. The van der Waals surface area contributed by atoms with Crippen molar-refractivity contribution in [3.8, 4) is 0 Å². The van der Waals surface area contributed by atoms with Crippen molar-refractivity contribution >= 4 is 5.97 Å². The fourth-order valence-electron chi connectivity index (χ4n) is 2.20. The molecule has 1 atom stereocenters. The van der Waals surface area contributed by atoms with Gasteiger partial charge in [-0.2, -0.15) is 0 Å². The minimum atomic E-state index is -0.910. The fraction of sp³-hybridized carbons (Fsp3) is 0.632. The monoisotopic (exact) mass is 308 g/mol. The lowest BCUT2D eigenvalue weighted by Gasteiger charge is -2.07. The van der Waals surface area contributed by atoms with Gasteiger partial charge in [-0.05, 0) is 6.42 Å². The van der Waals surface area contributed by atoms with E-state index in [4.69, 9.17) is 5.11 Å². The van der Waals surface area contributed by atoms with Crippen LogP contribution in [0.15, 0.2) is 36.4 Å². The summed E-state index contributed by atoms with van der Waals surface area (Å²) in [5, 5.41) is 17.8. The molecule has 0 heterocycles. The molecule has 1 rings (SSSR count). The molecule has 0 aliphatic rings. The highest BCUT2D eigenvalue weighted by Gasteiger charge is 2.08. The van der Waals surface area contributed by atoms with Gasteiger partial charge >= 0.3 is 5.97 Å². The van der Waals surface area contributed by atoms with E-state index in [1.165, 1.54) is 38.5 Å². The van der Waals surface area contributed by atoms with Crippen LogP contribution in [0, 0.1) is 0 Å². The van der Waals surface area contributed by atoms with Gasteiger partial charge in [0.15, 0.2) is 0 Å². The molecule has 0 aromatic heterocycles. The molecule has 0 amide bonds. The first-order valence-corrected chi connectivity index (χ1v) is 8.56. The average molecular weight is 308 g/mol. The van der Waals surface area contributed by atoms with Crippen molar-refractivity contribution in [3.63, 3.8) is 0 Å². The summed E-state index contributed by atoms with van der Waals surface area (Å²) < 4.78 is 0. The summed E-state index contributed by atoms with van der Waals surface area (Å²) >= 11 is 0. The molecule has 0 radical (unpaired) electrons. The number of aliphatic carboxylic acids is 1. The van der Waals surface area contributed by atoms with Crippen LogP contribution in [0.1, 0.15) is 71.1 Å². The zero-order valence-electron chi connectivity index (χ0n) is 13.9. The Morgan fingerprint density at radius 2 is 1.23 bits per heavy atom. The molecule has 1 aromatic carbocycles. The van der Waals surface area contributed by atoms with Crippen molar-refractivity contribution in [1.29, 1.82) is 0 Å². The van der Waals surface area contributed by atoms with E-state index in [1.807, 2.05) is 36.4 Å². The first kappa shape index (κ1) is 20.6. The van der Waals surface area contributed by atoms with Crippen LogP contribution in [0.2, 0.25) is 0 Å². The third-order valence-corrected chi connectivity index (χ3v) is 3.47. The second kappa shape index (κ2) is 16.0. The Morgan fingerprint density at radius 3 is 1.64 bits per heavy atom. The van der Waals surface area contributed by atoms with Gasteiger partial charge in [0.25, 0.3) is 0 Å². The maximum atomic E-state index is 10.3. The van der Waals surface area contributed by atoms with E-state index in [1.54, 1.807) is 0 Å². The van der Waals surface area contributed by atoms with E-state index in [2.05, 4.69) is 6.92 Å². The van der Waals surface area contributed by atoms with Crippen LogP contribution in [-0.2, 0) is 4.79 Å². The molecule has 0 saturated carbocycles. The quantitative estimate of drug-likeness (QED) is 0.563. The van der Waals surface area contributed by atoms with Crippen molar-refractivity contribution in [2.75, 3.05) is 0 Å². The van der Waals surface area contributed by atoms with Gasteiger partial charge in [-0.1, -0.05) is 94.7 Å². The number of unbranched alkanes of at least 4 members (excludes halogenated alkanes) is 7. The Bertz CT molecular complexity index is 311. The van der Waals surface area contributed by atoms with E-state index in [0.717, 1.165) is 12.8 Å². The van der Waals surface area contributed by atoms with Gasteiger partial charge in [0, 0.05) is 0 Å². The van der Waals surface area contributed by atoms with E-state index in [9.17, 15) is 9.90 Å². The zero-order chi connectivity index (χ0) is 16.5. The minimum absolute atomic E-state index is 0.115. The van der Waals surface area contributed by atoms with Crippen molar-refractivity contribution in [2.45, 2.75) is 77.2 Å². The maximum absolute atomic E-state index is 10.3. The number of aliphatic hydroxyl groups is 1. The maximum Gasteiger partial charge on any atom is 0.305 e. The smallest absolute Gasteiger partial charge is 0.305 e. The lowest BCUT2D eigenvalue weighted by Crippen LogP contribution is -2.12. The van der Waals surface area contributed by atoms with E-state index in [-0.39, 0.29) is 6.42 Å². The number of benzene rings is 1. The van der Waals surface area contributed by atoms with Gasteiger partial charge in [0.2, 0.25) is 0 Å². The SMILES string of the molecule is CCCCCCCCCCC(O)CC(=O)O.c1ccccc1. The number of carbonyl (C=O) groups is 1. The first-order chi connectivity index (χ1) is 10.7. The molecule has 0 aliphatic carbocycles. The van der Waals surface area contributed by atoms with Crippen LogP contribution in [0.4, 0.5) is 0 Å². The number of carboxylic acids is 1. The molecule has 2 N–H and O–H groups in total. The van der Waals surface area contributed by atoms with Gasteiger partial charge in [-0.25, -0.2) is 0 Å². The van der Waals surface area contributed by atoms with Crippen molar-refractivity contribution < 1.29 is 15.0 Å². The lowest BCUT2D eigenvalue weighted by atomic mass is 10.0. The minimum Gasteiger partial charge on any atom is -0.481 e. The third kappa shape index (κ3) is 16.7. The molecule has 0 fully saturated rings. The van der Waals surface area contributed by atoms with E-state index < -0.39 is 12.1 Å². The highest BCUT2D eigenvalue weighted by atomic mass is 16.4. The largest absolute Gasteiger partial charge is 0.481 e. The molecule has 1 unspecified atom stereocenters. The average Bonchev–Trinajstić information content (AvgIpc) is 2.51. The second-order valence-corrected chi connectivity index (χ2v) is 5.67. The van der Waals surface area contributed by atoms with E-state index >= 15 is 0 Å². The zero-order valence-corrected chi connectivity index (χ0v) is 13.9. The van der Waals surface area contributed by atoms with Gasteiger partial charge in [-0.3, -0.25) is 4.79 Å². The normalized spacial score (nSPS) is 11.4. The molecule has 126 valence electrons. The fourth-order valence-corrected chi connectivity index (χ4v) is 2.20. The first-order valence-electron chi connectivity index (χ1n) is 8.56. The molecule has 0 bridgehead atoms.